The quantitative estimate of drug-likeness (QED) is 0.647. The Morgan fingerprint density at radius 3 is 2.89 bits per heavy atom. The molecule has 2 aromatic rings. The van der Waals surface area contributed by atoms with Crippen LogP contribution in [0, 0.1) is 0 Å². The van der Waals surface area contributed by atoms with Gasteiger partial charge in [0.25, 0.3) is 5.91 Å². The van der Waals surface area contributed by atoms with Crippen LogP contribution >= 0.6 is 11.6 Å². The van der Waals surface area contributed by atoms with Crippen molar-refractivity contribution in [2.45, 2.75) is 31.9 Å². The highest BCUT2D eigenvalue weighted by Crippen LogP contribution is 2.21. The Labute approximate surface area is 166 Å². The number of aromatic nitrogens is 4. The van der Waals surface area contributed by atoms with Crippen LogP contribution in [0.2, 0.25) is 5.15 Å². The number of rotatable bonds is 6. The summed E-state index contributed by atoms with van der Waals surface area (Å²) >= 11 is 6.00. The van der Waals surface area contributed by atoms with Crippen molar-refractivity contribution in [2.75, 3.05) is 25.1 Å². The Balaban J connectivity index is 1.68. The minimum absolute atomic E-state index is 0.0733. The molecule has 0 spiro atoms. The molecule has 11 heteroatoms. The molecule has 10 nitrogen and oxygen atoms in total. The van der Waals surface area contributed by atoms with Gasteiger partial charge in [0.15, 0.2) is 16.7 Å². The van der Waals surface area contributed by atoms with Gasteiger partial charge in [0.2, 0.25) is 0 Å². The predicted octanol–water partition coefficient (Wildman–Crippen LogP) is 1.14. The molecule has 0 aliphatic carbocycles. The second-order valence-electron chi connectivity index (χ2n) is 6.36. The summed E-state index contributed by atoms with van der Waals surface area (Å²) in [6.07, 6.45) is 2.15. The third kappa shape index (κ3) is 4.23. The van der Waals surface area contributed by atoms with Gasteiger partial charge in [-0.25, -0.2) is 19.7 Å². The van der Waals surface area contributed by atoms with Crippen molar-refractivity contribution in [2.24, 2.45) is 0 Å². The van der Waals surface area contributed by atoms with Crippen molar-refractivity contribution < 1.29 is 19.4 Å². The lowest BCUT2D eigenvalue weighted by atomic mass is 10.0. The van der Waals surface area contributed by atoms with Gasteiger partial charge in [0.05, 0.1) is 17.8 Å². The number of aromatic amines is 1. The number of carboxylic acid groups (broad SMARTS) is 1. The standard InChI is InChI=1S/C17H21ClN6O4/c1-3-9-14(18)23-15(21-9)16(25)22-10-4-5-24(7-12(10)28-2)13-6-11(17(26)27)19-8-20-13/h6,8,10,12H,3-5,7H2,1-2H3,(H,21,23)(H,22,25)(H,26,27)/t10-,12+/m1/s1. The molecule has 0 aromatic carbocycles. The number of ether oxygens (including phenoxy) is 1. The van der Waals surface area contributed by atoms with Crippen LogP contribution < -0.4 is 10.2 Å². The minimum Gasteiger partial charge on any atom is -0.477 e. The summed E-state index contributed by atoms with van der Waals surface area (Å²) in [4.78, 5) is 40.4. The number of carboxylic acids is 1. The molecule has 1 aliphatic heterocycles. The number of aryl methyl sites for hydroxylation is 1. The van der Waals surface area contributed by atoms with E-state index in [9.17, 15) is 9.59 Å². The van der Waals surface area contributed by atoms with E-state index in [2.05, 4.69) is 25.3 Å². The number of nitrogens with zero attached hydrogens (tertiary/aromatic N) is 4. The molecule has 0 saturated carbocycles. The van der Waals surface area contributed by atoms with Crippen molar-refractivity contribution in [1.82, 2.24) is 25.3 Å². The number of methoxy groups -OCH3 is 1. The number of H-pyrrole nitrogens is 1. The molecular formula is C17H21ClN6O4. The van der Waals surface area contributed by atoms with Crippen LogP contribution in [-0.4, -0.2) is 69.3 Å². The SMILES string of the molecule is CCc1[nH]c(C(=O)N[C@@H]2CCN(c3cc(C(=O)O)ncn3)C[C@@H]2OC)nc1Cl. The fourth-order valence-electron chi connectivity index (χ4n) is 3.13. The van der Waals surface area contributed by atoms with E-state index in [0.717, 1.165) is 0 Å². The average Bonchev–Trinajstić information content (AvgIpc) is 3.09. The molecule has 0 unspecified atom stereocenters. The highest BCUT2D eigenvalue weighted by atomic mass is 35.5. The molecule has 3 heterocycles. The maximum atomic E-state index is 12.5. The topological polar surface area (TPSA) is 133 Å². The van der Waals surface area contributed by atoms with Crippen LogP contribution in [0.4, 0.5) is 5.82 Å². The summed E-state index contributed by atoms with van der Waals surface area (Å²) in [7, 11) is 1.56. The highest BCUT2D eigenvalue weighted by Gasteiger charge is 2.32. The van der Waals surface area contributed by atoms with Crippen LogP contribution in [-0.2, 0) is 11.2 Å². The first-order chi connectivity index (χ1) is 13.4. The molecule has 3 N–H and O–H groups in total. The lowest BCUT2D eigenvalue weighted by Crippen LogP contribution is -2.55. The first kappa shape index (κ1) is 20.0. The molecule has 1 aliphatic rings. The van der Waals surface area contributed by atoms with Gasteiger partial charge < -0.3 is 25.0 Å². The van der Waals surface area contributed by atoms with Gasteiger partial charge in [-0.15, -0.1) is 0 Å². The summed E-state index contributed by atoms with van der Waals surface area (Å²) in [6.45, 7) is 2.93. The maximum absolute atomic E-state index is 12.5. The molecule has 1 amide bonds. The van der Waals surface area contributed by atoms with Crippen LogP contribution in [0.1, 0.15) is 40.1 Å². The van der Waals surface area contributed by atoms with Crippen molar-refractivity contribution in [1.29, 1.82) is 0 Å². The van der Waals surface area contributed by atoms with Gasteiger partial charge in [-0.1, -0.05) is 18.5 Å². The number of carbonyl (C=O) groups is 2. The lowest BCUT2D eigenvalue weighted by molar-refractivity contribution is 0.0536. The van der Waals surface area contributed by atoms with E-state index in [1.54, 1.807) is 7.11 Å². The second-order valence-corrected chi connectivity index (χ2v) is 6.72. The van der Waals surface area contributed by atoms with Crippen molar-refractivity contribution in [3.8, 4) is 0 Å². The van der Waals surface area contributed by atoms with Crippen molar-refractivity contribution in [3.05, 3.63) is 34.8 Å². The fourth-order valence-corrected chi connectivity index (χ4v) is 3.40. The van der Waals surface area contributed by atoms with Gasteiger partial charge in [-0.3, -0.25) is 4.79 Å². The van der Waals surface area contributed by atoms with Crippen molar-refractivity contribution >= 4 is 29.3 Å². The third-order valence-electron chi connectivity index (χ3n) is 4.67. The Hall–Kier alpha value is -2.72. The molecule has 2 atom stereocenters. The Bertz CT molecular complexity index is 873. The number of imidazole rings is 1. The summed E-state index contributed by atoms with van der Waals surface area (Å²) in [6, 6.07) is 1.19. The number of aromatic carboxylic acids is 1. The molecule has 1 fully saturated rings. The number of anilines is 1. The zero-order valence-electron chi connectivity index (χ0n) is 15.5. The summed E-state index contributed by atoms with van der Waals surface area (Å²) in [5, 5.41) is 12.3. The van der Waals surface area contributed by atoms with Gasteiger partial charge in [-0.05, 0) is 12.8 Å². The average molecular weight is 409 g/mol. The Kier molecular flexibility index (Phi) is 6.10. The van der Waals surface area contributed by atoms with Gasteiger partial charge >= 0.3 is 5.97 Å². The molecule has 2 aromatic heterocycles. The second kappa shape index (κ2) is 8.53. The monoisotopic (exact) mass is 408 g/mol. The fraction of sp³-hybridized carbons (Fsp3) is 0.471. The number of nitrogens with one attached hydrogen (secondary N) is 2. The molecule has 28 heavy (non-hydrogen) atoms. The molecule has 3 rings (SSSR count). The molecule has 150 valence electrons. The van der Waals surface area contributed by atoms with E-state index in [0.29, 0.717) is 42.6 Å². The number of halogens is 1. The highest BCUT2D eigenvalue weighted by molar-refractivity contribution is 6.30. The summed E-state index contributed by atoms with van der Waals surface area (Å²) < 4.78 is 5.55. The van der Waals surface area contributed by atoms with Crippen LogP contribution in [0.5, 0.6) is 0 Å². The third-order valence-corrected chi connectivity index (χ3v) is 4.98. The van der Waals surface area contributed by atoms with Crippen LogP contribution in [0.3, 0.4) is 0 Å². The summed E-state index contributed by atoms with van der Waals surface area (Å²) in [5.74, 6) is -0.791. The van der Waals surface area contributed by atoms with E-state index in [-0.39, 0.29) is 29.6 Å². The smallest absolute Gasteiger partial charge is 0.354 e. The first-order valence-corrected chi connectivity index (χ1v) is 9.19. The van der Waals surface area contributed by atoms with E-state index < -0.39 is 5.97 Å². The number of amides is 1. The summed E-state index contributed by atoms with van der Waals surface area (Å²) in [5.41, 5.74) is 0.638. The Morgan fingerprint density at radius 2 is 2.25 bits per heavy atom. The number of hydrogen-bond acceptors (Lipinski definition) is 7. The minimum atomic E-state index is -1.11. The van der Waals surface area contributed by atoms with Crippen LogP contribution in [0.15, 0.2) is 12.4 Å². The molecular weight excluding hydrogens is 388 g/mol. The zero-order chi connectivity index (χ0) is 20.3. The van der Waals surface area contributed by atoms with E-state index in [1.165, 1.54) is 12.4 Å². The molecule has 1 saturated heterocycles. The molecule has 0 radical (unpaired) electrons. The normalized spacial score (nSPS) is 19.5. The first-order valence-electron chi connectivity index (χ1n) is 8.81. The Morgan fingerprint density at radius 1 is 1.46 bits per heavy atom. The zero-order valence-corrected chi connectivity index (χ0v) is 16.2. The van der Waals surface area contributed by atoms with E-state index in [4.69, 9.17) is 21.4 Å². The van der Waals surface area contributed by atoms with Gasteiger partial charge in [0, 0.05) is 26.3 Å². The predicted molar refractivity (Wildman–Crippen MR) is 101 cm³/mol. The number of hydrogen-bond donors (Lipinski definition) is 3. The molecule has 0 bridgehead atoms. The van der Waals surface area contributed by atoms with E-state index in [1.807, 2.05) is 11.8 Å². The number of carbonyl (C=O) groups excluding carboxylic acids is 1. The lowest BCUT2D eigenvalue weighted by Gasteiger charge is -2.38. The van der Waals surface area contributed by atoms with Crippen LogP contribution in [0.25, 0.3) is 0 Å². The largest absolute Gasteiger partial charge is 0.477 e. The maximum Gasteiger partial charge on any atom is 0.354 e. The number of piperidine rings is 1. The van der Waals surface area contributed by atoms with E-state index >= 15 is 0 Å². The van der Waals surface area contributed by atoms with Gasteiger partial charge in [-0.2, -0.15) is 0 Å². The van der Waals surface area contributed by atoms with Crippen molar-refractivity contribution in [3.63, 3.8) is 0 Å². The van der Waals surface area contributed by atoms with Gasteiger partial charge in [0.1, 0.15) is 12.1 Å².